The van der Waals surface area contributed by atoms with E-state index in [4.69, 9.17) is 0 Å². The Bertz CT molecular complexity index is 1170. The fourth-order valence-electron chi connectivity index (χ4n) is 4.41. The summed E-state index contributed by atoms with van der Waals surface area (Å²) in [7, 11) is 0. The van der Waals surface area contributed by atoms with Crippen molar-refractivity contribution in [1.82, 2.24) is 14.9 Å². The highest BCUT2D eigenvalue weighted by atomic mass is 16.2. The van der Waals surface area contributed by atoms with Crippen molar-refractivity contribution in [2.45, 2.75) is 25.7 Å². The molecule has 4 heteroatoms. The summed E-state index contributed by atoms with van der Waals surface area (Å²) in [5.41, 5.74) is 4.31. The molecule has 0 atom stereocenters. The van der Waals surface area contributed by atoms with Crippen LogP contribution >= 0.6 is 0 Å². The second kappa shape index (κ2) is 6.79. The summed E-state index contributed by atoms with van der Waals surface area (Å²) in [5.74, 6) is 0.618. The quantitative estimate of drug-likeness (QED) is 0.538. The average molecular weight is 369 g/mol. The molecule has 5 rings (SSSR count). The molecule has 0 unspecified atom stereocenters. The van der Waals surface area contributed by atoms with Gasteiger partial charge in [0.05, 0.1) is 0 Å². The zero-order valence-electron chi connectivity index (χ0n) is 16.0. The molecule has 1 amide bonds. The number of H-pyrrole nitrogens is 1. The number of aryl methyl sites for hydroxylation is 1. The Hall–Kier alpha value is -3.14. The molecular formula is C24H23N3O. The van der Waals surface area contributed by atoms with Crippen molar-refractivity contribution in [3.8, 4) is 0 Å². The fourth-order valence-corrected chi connectivity index (χ4v) is 4.41. The third-order valence-corrected chi connectivity index (χ3v) is 5.96. The Morgan fingerprint density at radius 3 is 2.68 bits per heavy atom. The molecule has 1 N–H and O–H groups in total. The van der Waals surface area contributed by atoms with E-state index in [9.17, 15) is 4.79 Å². The van der Waals surface area contributed by atoms with Crippen LogP contribution in [0.25, 0.3) is 21.8 Å². The second-order valence-electron chi connectivity index (χ2n) is 7.77. The Morgan fingerprint density at radius 1 is 1.04 bits per heavy atom. The smallest absolute Gasteiger partial charge is 0.253 e. The van der Waals surface area contributed by atoms with E-state index in [2.05, 4.69) is 53.3 Å². The van der Waals surface area contributed by atoms with Crippen LogP contribution in [0.2, 0.25) is 0 Å². The van der Waals surface area contributed by atoms with Crippen molar-refractivity contribution >= 4 is 27.7 Å². The van der Waals surface area contributed by atoms with Crippen LogP contribution in [0.4, 0.5) is 0 Å². The number of hydrogen-bond acceptors (Lipinski definition) is 2. The number of fused-ring (bicyclic) bond motifs is 2. The molecule has 0 radical (unpaired) electrons. The van der Waals surface area contributed by atoms with Gasteiger partial charge in [-0.05, 0) is 66.3 Å². The minimum Gasteiger partial charge on any atom is -0.346 e. The van der Waals surface area contributed by atoms with Gasteiger partial charge in [-0.2, -0.15) is 0 Å². The topological polar surface area (TPSA) is 49.0 Å². The van der Waals surface area contributed by atoms with Crippen LogP contribution in [0, 0.1) is 6.92 Å². The molecule has 2 aromatic carbocycles. The lowest BCUT2D eigenvalue weighted by Gasteiger charge is -2.32. The molecule has 1 aliphatic rings. The second-order valence-corrected chi connectivity index (χ2v) is 7.77. The third-order valence-electron chi connectivity index (χ3n) is 5.96. The van der Waals surface area contributed by atoms with E-state index >= 15 is 0 Å². The van der Waals surface area contributed by atoms with Crippen LogP contribution in [-0.2, 0) is 0 Å². The van der Waals surface area contributed by atoms with Crippen molar-refractivity contribution in [3.63, 3.8) is 0 Å². The highest BCUT2D eigenvalue weighted by molar-refractivity contribution is 5.98. The molecule has 1 aliphatic heterocycles. The monoisotopic (exact) mass is 369 g/mol. The van der Waals surface area contributed by atoms with Gasteiger partial charge < -0.3 is 9.88 Å². The summed E-state index contributed by atoms with van der Waals surface area (Å²) >= 11 is 0. The molecule has 3 heterocycles. The number of benzene rings is 2. The summed E-state index contributed by atoms with van der Waals surface area (Å²) in [4.78, 5) is 22.6. The van der Waals surface area contributed by atoms with Gasteiger partial charge in [0.2, 0.25) is 0 Å². The highest BCUT2D eigenvalue weighted by Crippen LogP contribution is 2.32. The van der Waals surface area contributed by atoms with E-state index in [-0.39, 0.29) is 5.91 Å². The van der Waals surface area contributed by atoms with Gasteiger partial charge in [0.25, 0.3) is 5.91 Å². The molecule has 4 nitrogen and oxygen atoms in total. The van der Waals surface area contributed by atoms with Crippen molar-refractivity contribution in [3.05, 3.63) is 77.6 Å². The molecule has 1 saturated heterocycles. The molecule has 1 fully saturated rings. The Balaban J connectivity index is 1.33. The van der Waals surface area contributed by atoms with Gasteiger partial charge in [0, 0.05) is 36.4 Å². The normalized spacial score (nSPS) is 15.4. The van der Waals surface area contributed by atoms with Gasteiger partial charge in [0.15, 0.2) is 0 Å². The van der Waals surface area contributed by atoms with Crippen molar-refractivity contribution in [1.29, 1.82) is 0 Å². The van der Waals surface area contributed by atoms with Gasteiger partial charge in [-0.3, -0.25) is 4.79 Å². The number of nitrogens with one attached hydrogen (secondary N) is 1. The van der Waals surface area contributed by atoms with Crippen molar-refractivity contribution in [2.75, 3.05) is 13.1 Å². The number of aromatic amines is 1. The molecule has 28 heavy (non-hydrogen) atoms. The number of rotatable bonds is 2. The minimum atomic E-state index is 0.141. The fraction of sp³-hybridized carbons (Fsp3) is 0.250. The molecule has 4 aromatic rings. The number of carbonyl (C=O) groups is 1. The zero-order valence-corrected chi connectivity index (χ0v) is 16.0. The molecule has 0 aliphatic carbocycles. The number of hydrogen-bond donors (Lipinski definition) is 1. The van der Waals surface area contributed by atoms with E-state index < -0.39 is 0 Å². The zero-order chi connectivity index (χ0) is 19.1. The van der Waals surface area contributed by atoms with Gasteiger partial charge >= 0.3 is 0 Å². The molecular weight excluding hydrogens is 346 g/mol. The number of pyridine rings is 1. The van der Waals surface area contributed by atoms with Crippen LogP contribution < -0.4 is 0 Å². The minimum absolute atomic E-state index is 0.141. The molecule has 0 bridgehead atoms. The lowest BCUT2D eigenvalue weighted by molar-refractivity contribution is 0.0713. The van der Waals surface area contributed by atoms with Crippen LogP contribution in [0.1, 0.15) is 40.2 Å². The molecule has 0 saturated carbocycles. The Kier molecular flexibility index (Phi) is 4.12. The van der Waals surface area contributed by atoms with Crippen molar-refractivity contribution < 1.29 is 4.79 Å². The van der Waals surface area contributed by atoms with E-state index in [1.54, 1.807) is 0 Å². The number of likely N-dealkylation sites (tertiary alicyclic amines) is 1. The van der Waals surface area contributed by atoms with Crippen LogP contribution in [-0.4, -0.2) is 33.9 Å². The van der Waals surface area contributed by atoms with E-state index in [1.807, 2.05) is 29.4 Å². The van der Waals surface area contributed by atoms with Crippen LogP contribution in [0.3, 0.4) is 0 Å². The van der Waals surface area contributed by atoms with Gasteiger partial charge in [0.1, 0.15) is 5.65 Å². The predicted octanol–water partition coefficient (Wildman–Crippen LogP) is 5.04. The predicted molar refractivity (Wildman–Crippen MR) is 113 cm³/mol. The first-order valence-electron chi connectivity index (χ1n) is 9.91. The number of piperidine rings is 1. The number of carbonyl (C=O) groups excluding carboxylic acids is 1. The first-order valence-corrected chi connectivity index (χ1v) is 9.91. The first kappa shape index (κ1) is 17.0. The lowest BCUT2D eigenvalue weighted by atomic mass is 9.88. The molecule has 140 valence electrons. The summed E-state index contributed by atoms with van der Waals surface area (Å²) in [6.45, 7) is 3.68. The Morgan fingerprint density at radius 2 is 1.82 bits per heavy atom. The number of aromatic nitrogens is 2. The standard InChI is InChI=1S/C24H23N3O/c1-16-2-3-19-15-20(5-4-18(19)14-16)24(28)27-12-8-17(9-13-27)21-6-10-25-23-22(21)7-11-26-23/h2-7,10-11,14-15,17H,8-9,12-13H2,1H3,(H,25,26). The summed E-state index contributed by atoms with van der Waals surface area (Å²) in [6.07, 6.45) is 5.80. The Labute approximate surface area is 164 Å². The molecule has 2 aromatic heterocycles. The highest BCUT2D eigenvalue weighted by Gasteiger charge is 2.25. The SMILES string of the molecule is Cc1ccc2cc(C(=O)N3CCC(c4ccnc5[nH]ccc45)CC3)ccc2c1. The summed E-state index contributed by atoms with van der Waals surface area (Å²) in [5, 5.41) is 3.51. The first-order chi connectivity index (χ1) is 13.7. The van der Waals surface area contributed by atoms with Gasteiger partial charge in [-0.15, -0.1) is 0 Å². The largest absolute Gasteiger partial charge is 0.346 e. The summed E-state index contributed by atoms with van der Waals surface area (Å²) < 4.78 is 0. The van der Waals surface area contributed by atoms with E-state index in [0.717, 1.165) is 42.5 Å². The average Bonchev–Trinajstić information content (AvgIpc) is 3.22. The van der Waals surface area contributed by atoms with Crippen LogP contribution in [0.5, 0.6) is 0 Å². The van der Waals surface area contributed by atoms with Gasteiger partial charge in [-0.1, -0.05) is 29.8 Å². The van der Waals surface area contributed by atoms with Crippen LogP contribution in [0.15, 0.2) is 60.9 Å². The maximum atomic E-state index is 13.0. The van der Waals surface area contributed by atoms with E-state index in [0.29, 0.717) is 5.92 Å². The number of nitrogens with zero attached hydrogens (tertiary/aromatic N) is 2. The maximum Gasteiger partial charge on any atom is 0.253 e. The number of amides is 1. The van der Waals surface area contributed by atoms with Gasteiger partial charge in [-0.25, -0.2) is 4.98 Å². The van der Waals surface area contributed by atoms with Crippen molar-refractivity contribution in [2.24, 2.45) is 0 Å². The maximum absolute atomic E-state index is 13.0. The third kappa shape index (κ3) is 2.95. The van der Waals surface area contributed by atoms with E-state index in [1.165, 1.54) is 21.9 Å². The lowest BCUT2D eigenvalue weighted by Crippen LogP contribution is -2.37. The molecule has 0 spiro atoms. The summed E-state index contributed by atoms with van der Waals surface area (Å²) in [6, 6.07) is 16.6.